The minimum absolute atomic E-state index is 0.0584. The molecule has 1 saturated carbocycles. The van der Waals surface area contributed by atoms with Crippen molar-refractivity contribution >= 4 is 40.1 Å². The molecule has 6 rings (SSSR count). The van der Waals surface area contributed by atoms with Gasteiger partial charge in [0.1, 0.15) is 6.54 Å². The van der Waals surface area contributed by atoms with Crippen LogP contribution in [0.25, 0.3) is 22.6 Å². The number of carbonyl (C=O) groups excluding carboxylic acids is 2. The number of para-hydroxylation sites is 2. The smallest absolute Gasteiger partial charge is 0.260 e. The van der Waals surface area contributed by atoms with Crippen molar-refractivity contribution in [2.75, 3.05) is 24.7 Å². The lowest BCUT2D eigenvalue weighted by molar-refractivity contribution is -0.122. The van der Waals surface area contributed by atoms with Crippen LogP contribution in [0.4, 0.5) is 5.69 Å². The molecule has 1 N–H and O–H groups in total. The second-order valence-electron chi connectivity index (χ2n) is 11.1. The number of nitrogens with zero attached hydrogens (tertiary/aromatic N) is 3. The SMILES string of the molecule is Cc1c(/C=C2\C(=O)N(CN3CCCCC3)c3ccccc32)c2ccccc2n1CC(=O)NC1CCCCC1. The number of rotatable bonds is 6. The molecular formula is C32H38N4O2. The summed E-state index contributed by atoms with van der Waals surface area (Å²) in [6, 6.07) is 16.7. The van der Waals surface area contributed by atoms with E-state index in [0.717, 1.165) is 64.9 Å². The van der Waals surface area contributed by atoms with Gasteiger partial charge in [-0.3, -0.25) is 19.4 Å². The molecule has 1 aromatic heterocycles. The lowest BCUT2D eigenvalue weighted by atomic mass is 9.95. The Bertz CT molecular complexity index is 1380. The fourth-order valence-corrected chi connectivity index (χ4v) is 6.54. The van der Waals surface area contributed by atoms with Crippen LogP contribution in [0.1, 0.15) is 68.2 Å². The zero-order valence-corrected chi connectivity index (χ0v) is 22.4. The molecule has 3 aliphatic rings. The van der Waals surface area contributed by atoms with Crippen molar-refractivity contribution in [2.24, 2.45) is 0 Å². The van der Waals surface area contributed by atoms with Crippen LogP contribution in [0.5, 0.6) is 0 Å². The minimum atomic E-state index is 0.0584. The number of amides is 2. The molecule has 2 amide bonds. The average Bonchev–Trinajstić information content (AvgIpc) is 3.36. The van der Waals surface area contributed by atoms with Gasteiger partial charge in [0.2, 0.25) is 5.91 Å². The highest BCUT2D eigenvalue weighted by Crippen LogP contribution is 2.39. The van der Waals surface area contributed by atoms with Crippen LogP contribution in [0.15, 0.2) is 48.5 Å². The molecule has 0 bridgehead atoms. The second kappa shape index (κ2) is 10.8. The predicted molar refractivity (Wildman–Crippen MR) is 154 cm³/mol. The van der Waals surface area contributed by atoms with Gasteiger partial charge in [0.05, 0.1) is 12.4 Å². The maximum Gasteiger partial charge on any atom is 0.260 e. The lowest BCUT2D eigenvalue weighted by Gasteiger charge is -2.30. The average molecular weight is 511 g/mol. The van der Waals surface area contributed by atoms with Crippen molar-refractivity contribution in [3.8, 4) is 0 Å². The van der Waals surface area contributed by atoms with E-state index in [1.165, 1.54) is 38.5 Å². The summed E-state index contributed by atoms with van der Waals surface area (Å²) in [5.41, 5.74) is 5.76. The molecule has 3 heterocycles. The number of hydrogen-bond donors (Lipinski definition) is 1. The third kappa shape index (κ3) is 4.78. The first-order valence-corrected chi connectivity index (χ1v) is 14.3. The van der Waals surface area contributed by atoms with Crippen molar-refractivity contribution in [1.82, 2.24) is 14.8 Å². The number of carbonyl (C=O) groups is 2. The maximum absolute atomic E-state index is 13.9. The zero-order valence-electron chi connectivity index (χ0n) is 22.4. The Morgan fingerprint density at radius 1 is 0.947 bits per heavy atom. The van der Waals surface area contributed by atoms with Gasteiger partial charge >= 0.3 is 0 Å². The Morgan fingerprint density at radius 3 is 2.47 bits per heavy atom. The van der Waals surface area contributed by atoms with E-state index in [-0.39, 0.29) is 18.4 Å². The third-order valence-electron chi connectivity index (χ3n) is 8.59. The van der Waals surface area contributed by atoms with E-state index in [1.54, 1.807) is 0 Å². The molecule has 198 valence electrons. The number of piperidine rings is 1. The summed E-state index contributed by atoms with van der Waals surface area (Å²) in [5.74, 6) is 0.123. The van der Waals surface area contributed by atoms with Crippen molar-refractivity contribution in [1.29, 1.82) is 0 Å². The Labute approximate surface area is 225 Å². The minimum Gasteiger partial charge on any atom is -0.352 e. The quantitative estimate of drug-likeness (QED) is 0.431. The molecule has 0 unspecified atom stereocenters. The van der Waals surface area contributed by atoms with E-state index in [1.807, 2.05) is 29.2 Å². The summed E-state index contributed by atoms with van der Waals surface area (Å²) in [4.78, 5) is 31.3. The number of anilines is 1. The van der Waals surface area contributed by atoms with Gasteiger partial charge in [0, 0.05) is 39.3 Å². The van der Waals surface area contributed by atoms with E-state index >= 15 is 0 Å². The van der Waals surface area contributed by atoms with Crippen LogP contribution < -0.4 is 10.2 Å². The molecule has 2 aliphatic heterocycles. The number of hydrogen-bond acceptors (Lipinski definition) is 3. The molecule has 1 saturated heterocycles. The molecule has 0 atom stereocenters. The summed E-state index contributed by atoms with van der Waals surface area (Å²) in [5, 5.41) is 4.34. The van der Waals surface area contributed by atoms with Crippen LogP contribution in [-0.4, -0.2) is 47.1 Å². The Morgan fingerprint density at radius 2 is 1.66 bits per heavy atom. The molecule has 6 nitrogen and oxygen atoms in total. The van der Waals surface area contributed by atoms with Crippen LogP contribution in [0.3, 0.4) is 0 Å². The van der Waals surface area contributed by atoms with E-state index in [0.29, 0.717) is 12.7 Å². The Balaban J connectivity index is 1.33. The van der Waals surface area contributed by atoms with E-state index in [2.05, 4.69) is 52.0 Å². The molecule has 3 aromatic rings. The van der Waals surface area contributed by atoms with Gasteiger partial charge in [-0.15, -0.1) is 0 Å². The van der Waals surface area contributed by atoms with Crippen LogP contribution in [0, 0.1) is 6.92 Å². The summed E-state index contributed by atoms with van der Waals surface area (Å²) in [6.07, 6.45) is 11.5. The Kier molecular flexibility index (Phi) is 7.07. The summed E-state index contributed by atoms with van der Waals surface area (Å²) in [7, 11) is 0. The molecule has 6 heteroatoms. The van der Waals surface area contributed by atoms with E-state index in [4.69, 9.17) is 0 Å². The highest BCUT2D eigenvalue weighted by atomic mass is 16.2. The first-order chi connectivity index (χ1) is 18.6. The zero-order chi connectivity index (χ0) is 26.1. The molecule has 2 fully saturated rings. The summed E-state index contributed by atoms with van der Waals surface area (Å²) >= 11 is 0. The molecule has 0 radical (unpaired) electrons. The van der Waals surface area contributed by atoms with Crippen molar-refractivity contribution in [2.45, 2.75) is 70.9 Å². The first-order valence-electron chi connectivity index (χ1n) is 14.3. The van der Waals surface area contributed by atoms with Crippen LogP contribution in [-0.2, 0) is 16.1 Å². The van der Waals surface area contributed by atoms with Crippen molar-refractivity contribution in [3.05, 3.63) is 65.4 Å². The number of nitrogens with one attached hydrogen (secondary N) is 1. The highest BCUT2D eigenvalue weighted by molar-refractivity contribution is 6.36. The lowest BCUT2D eigenvalue weighted by Crippen LogP contribution is -2.42. The summed E-state index contributed by atoms with van der Waals surface area (Å²) < 4.78 is 2.11. The molecule has 0 spiro atoms. The predicted octanol–water partition coefficient (Wildman–Crippen LogP) is 5.73. The number of aromatic nitrogens is 1. The number of benzene rings is 2. The normalized spacial score (nSPS) is 19.9. The monoisotopic (exact) mass is 510 g/mol. The molecule has 2 aromatic carbocycles. The van der Waals surface area contributed by atoms with E-state index < -0.39 is 0 Å². The Hall–Kier alpha value is -3.38. The summed E-state index contributed by atoms with van der Waals surface area (Å²) in [6.45, 7) is 5.07. The van der Waals surface area contributed by atoms with Crippen LogP contribution in [0.2, 0.25) is 0 Å². The van der Waals surface area contributed by atoms with Gasteiger partial charge in [-0.1, -0.05) is 62.1 Å². The van der Waals surface area contributed by atoms with E-state index in [9.17, 15) is 9.59 Å². The topological polar surface area (TPSA) is 57.6 Å². The maximum atomic E-state index is 13.9. The fraction of sp³-hybridized carbons (Fsp3) is 0.438. The van der Waals surface area contributed by atoms with Crippen LogP contribution >= 0.6 is 0 Å². The van der Waals surface area contributed by atoms with Crippen molar-refractivity contribution in [3.63, 3.8) is 0 Å². The molecule has 38 heavy (non-hydrogen) atoms. The first kappa shape index (κ1) is 24.9. The second-order valence-corrected chi connectivity index (χ2v) is 11.1. The standard InChI is InChI=1S/C32H38N4O2/c1-23-27(25-14-6-8-16-29(25)35(23)21-31(37)33-24-12-4-2-5-13-24)20-28-26-15-7-9-17-30(26)36(32(28)38)22-34-18-10-3-11-19-34/h6-9,14-17,20,24H,2-5,10-13,18-19,21-22H2,1H3,(H,33,37)/b28-20-. The number of likely N-dealkylation sites (tertiary alicyclic amines) is 1. The van der Waals surface area contributed by atoms with Gasteiger partial charge < -0.3 is 9.88 Å². The largest absolute Gasteiger partial charge is 0.352 e. The van der Waals surface area contributed by atoms with Gasteiger partial charge in [0.25, 0.3) is 5.91 Å². The van der Waals surface area contributed by atoms with Gasteiger partial charge in [0.15, 0.2) is 0 Å². The fourth-order valence-electron chi connectivity index (χ4n) is 6.54. The van der Waals surface area contributed by atoms with Gasteiger partial charge in [-0.25, -0.2) is 0 Å². The van der Waals surface area contributed by atoms with Gasteiger partial charge in [-0.05, 0) is 63.9 Å². The molecular weight excluding hydrogens is 472 g/mol. The number of fused-ring (bicyclic) bond motifs is 2. The third-order valence-corrected chi connectivity index (χ3v) is 8.59. The van der Waals surface area contributed by atoms with Gasteiger partial charge in [-0.2, -0.15) is 0 Å². The highest BCUT2D eigenvalue weighted by Gasteiger charge is 2.34. The van der Waals surface area contributed by atoms with Crippen molar-refractivity contribution < 1.29 is 9.59 Å². The molecule has 1 aliphatic carbocycles.